The summed E-state index contributed by atoms with van der Waals surface area (Å²) in [5.74, 6) is -0.442. The molecule has 0 saturated carbocycles. The van der Waals surface area contributed by atoms with Crippen molar-refractivity contribution in [2.24, 2.45) is 0 Å². The molecule has 1 unspecified atom stereocenters. The van der Waals surface area contributed by atoms with Crippen LogP contribution in [-0.4, -0.2) is 72.2 Å². The summed E-state index contributed by atoms with van der Waals surface area (Å²) in [6.45, 7) is 2.14. The first kappa shape index (κ1) is 27.0. The second-order valence-electron chi connectivity index (χ2n) is 8.44. The van der Waals surface area contributed by atoms with E-state index in [1.54, 1.807) is 47.4 Å². The van der Waals surface area contributed by atoms with Gasteiger partial charge in [-0.3, -0.25) is 19.0 Å². The number of amides is 1. The number of nitrogens with zero attached hydrogens (tertiary/aromatic N) is 3. The first-order valence-electron chi connectivity index (χ1n) is 12.3. The summed E-state index contributed by atoms with van der Waals surface area (Å²) in [4.78, 5) is 53.2. The molecule has 1 N–H and O–H groups in total. The fourth-order valence-corrected chi connectivity index (χ4v) is 4.13. The van der Waals surface area contributed by atoms with Crippen LogP contribution < -0.4 is 20.9 Å². The maximum absolute atomic E-state index is 13.2. The average molecular weight is 524 g/mol. The summed E-state index contributed by atoms with van der Waals surface area (Å²) in [6, 6.07) is 15.3. The molecule has 1 aromatic heterocycles. The van der Waals surface area contributed by atoms with Crippen molar-refractivity contribution < 1.29 is 28.9 Å². The van der Waals surface area contributed by atoms with E-state index < -0.39 is 23.2 Å². The summed E-state index contributed by atoms with van der Waals surface area (Å²) < 4.78 is 17.8. The van der Waals surface area contributed by atoms with Crippen LogP contribution in [0, 0.1) is 0 Å². The Morgan fingerprint density at radius 1 is 0.868 bits per heavy atom. The molecule has 38 heavy (non-hydrogen) atoms. The minimum absolute atomic E-state index is 0.0222. The third-order valence-electron chi connectivity index (χ3n) is 6.00. The molecule has 200 valence electrons. The highest BCUT2D eigenvalue weighted by atomic mass is 16.5. The number of ether oxygens (including phenoxy) is 3. The van der Waals surface area contributed by atoms with E-state index in [2.05, 4.69) is 0 Å². The molecule has 1 fully saturated rings. The molecule has 0 bridgehead atoms. The lowest BCUT2D eigenvalue weighted by Crippen LogP contribution is -2.45. The van der Waals surface area contributed by atoms with Gasteiger partial charge in [0.05, 0.1) is 33.0 Å². The number of carbonyl (C=O) groups is 2. The van der Waals surface area contributed by atoms with E-state index in [1.807, 2.05) is 0 Å². The standard InChI is InChI=1S/C27H29N3O8/c31-14-15-36-16-17-37-18-19-38-22-8-6-21(7-9-22)28-12-10-23(26(28)34)29-13-11-24(32)30(27(29)35)25(33)20-4-2-1-3-5-20/h1-9,11,13,23,31H,10,12,14-19H2. The van der Waals surface area contributed by atoms with Crippen molar-refractivity contribution in [3.63, 3.8) is 0 Å². The Hall–Kier alpha value is -4.06. The largest absolute Gasteiger partial charge is 0.491 e. The van der Waals surface area contributed by atoms with Crippen LogP contribution in [0.1, 0.15) is 22.8 Å². The summed E-state index contributed by atoms with van der Waals surface area (Å²) in [5.41, 5.74) is -0.760. The SMILES string of the molecule is O=C1C(n2ccc(=O)n(C(=O)c3ccccc3)c2=O)CCN1c1ccc(OCCOCCOCCO)cc1. The Morgan fingerprint density at radius 3 is 2.26 bits per heavy atom. The molecule has 11 heteroatoms. The summed E-state index contributed by atoms with van der Waals surface area (Å²) in [5, 5.41) is 8.64. The molecule has 0 aliphatic carbocycles. The minimum atomic E-state index is -0.850. The van der Waals surface area contributed by atoms with Crippen LogP contribution >= 0.6 is 0 Å². The van der Waals surface area contributed by atoms with Gasteiger partial charge in [-0.05, 0) is 42.8 Å². The number of hydrogen-bond donors (Lipinski definition) is 1. The Labute approximate surface area is 218 Å². The second-order valence-corrected chi connectivity index (χ2v) is 8.44. The molecule has 3 aromatic rings. The van der Waals surface area contributed by atoms with Crippen molar-refractivity contribution in [1.29, 1.82) is 0 Å². The number of aliphatic hydroxyl groups is 1. The predicted molar refractivity (Wildman–Crippen MR) is 138 cm³/mol. The maximum Gasteiger partial charge on any atom is 0.338 e. The fraction of sp³-hybridized carbons (Fsp3) is 0.333. The number of carbonyl (C=O) groups excluding carboxylic acids is 2. The van der Waals surface area contributed by atoms with E-state index in [4.69, 9.17) is 19.3 Å². The van der Waals surface area contributed by atoms with Crippen molar-refractivity contribution in [2.75, 3.05) is 51.1 Å². The van der Waals surface area contributed by atoms with Gasteiger partial charge in [0.15, 0.2) is 0 Å². The topological polar surface area (TPSA) is 129 Å². The Morgan fingerprint density at radius 2 is 1.55 bits per heavy atom. The van der Waals surface area contributed by atoms with Gasteiger partial charge in [0.25, 0.3) is 11.5 Å². The van der Waals surface area contributed by atoms with Gasteiger partial charge in [-0.15, -0.1) is 0 Å². The van der Waals surface area contributed by atoms with Crippen LogP contribution in [0.2, 0.25) is 0 Å². The first-order chi connectivity index (χ1) is 18.5. The van der Waals surface area contributed by atoms with E-state index in [-0.39, 0.29) is 24.7 Å². The van der Waals surface area contributed by atoms with Crippen LogP contribution in [0.4, 0.5) is 5.69 Å². The summed E-state index contributed by atoms with van der Waals surface area (Å²) in [6.07, 6.45) is 1.61. The van der Waals surface area contributed by atoms with Crippen LogP contribution in [0.3, 0.4) is 0 Å². The van der Waals surface area contributed by atoms with Gasteiger partial charge in [0.1, 0.15) is 18.4 Å². The highest BCUT2D eigenvalue weighted by molar-refractivity contribution is 5.98. The van der Waals surface area contributed by atoms with Gasteiger partial charge in [-0.1, -0.05) is 18.2 Å². The van der Waals surface area contributed by atoms with E-state index in [0.29, 0.717) is 55.4 Å². The fourth-order valence-electron chi connectivity index (χ4n) is 4.13. The molecule has 1 saturated heterocycles. The summed E-state index contributed by atoms with van der Waals surface area (Å²) >= 11 is 0. The smallest absolute Gasteiger partial charge is 0.338 e. The third-order valence-corrected chi connectivity index (χ3v) is 6.00. The molecule has 4 rings (SSSR count). The van der Waals surface area contributed by atoms with Crippen LogP contribution in [-0.2, 0) is 14.3 Å². The third kappa shape index (κ3) is 6.25. The molecule has 2 aromatic carbocycles. The van der Waals surface area contributed by atoms with Gasteiger partial charge in [0.2, 0.25) is 5.91 Å². The van der Waals surface area contributed by atoms with Crippen molar-refractivity contribution in [3.05, 3.63) is 93.3 Å². The zero-order valence-corrected chi connectivity index (χ0v) is 20.7. The Bertz CT molecular complexity index is 1350. The van der Waals surface area contributed by atoms with Crippen molar-refractivity contribution in [1.82, 2.24) is 9.13 Å². The molecule has 1 atom stereocenters. The van der Waals surface area contributed by atoms with Crippen LogP contribution in [0.15, 0.2) is 76.4 Å². The van der Waals surface area contributed by atoms with Crippen LogP contribution in [0.25, 0.3) is 0 Å². The number of anilines is 1. The molecule has 1 aliphatic rings. The summed E-state index contributed by atoms with van der Waals surface area (Å²) in [7, 11) is 0. The number of aliphatic hydroxyl groups excluding tert-OH is 1. The maximum atomic E-state index is 13.2. The van der Waals surface area contributed by atoms with Crippen molar-refractivity contribution in [2.45, 2.75) is 12.5 Å². The molecule has 0 spiro atoms. The van der Waals surface area contributed by atoms with Gasteiger partial charge < -0.3 is 24.2 Å². The number of benzene rings is 2. The second kappa shape index (κ2) is 13.0. The predicted octanol–water partition coefficient (Wildman–Crippen LogP) is 1.08. The zero-order valence-electron chi connectivity index (χ0n) is 20.7. The van der Waals surface area contributed by atoms with Gasteiger partial charge >= 0.3 is 5.69 Å². The van der Waals surface area contributed by atoms with Gasteiger partial charge in [-0.25, -0.2) is 4.79 Å². The first-order valence-corrected chi connectivity index (χ1v) is 12.3. The molecule has 0 radical (unpaired) electrons. The molecule has 11 nitrogen and oxygen atoms in total. The van der Waals surface area contributed by atoms with Gasteiger partial charge in [0, 0.05) is 30.1 Å². The van der Waals surface area contributed by atoms with E-state index in [1.165, 1.54) is 18.3 Å². The lowest BCUT2D eigenvalue weighted by Gasteiger charge is -2.18. The highest BCUT2D eigenvalue weighted by Crippen LogP contribution is 2.28. The molecule has 1 aliphatic heterocycles. The quantitative estimate of drug-likeness (QED) is 0.349. The molecule has 2 heterocycles. The Kier molecular flexibility index (Phi) is 9.20. The molecule has 1 amide bonds. The zero-order chi connectivity index (χ0) is 26.9. The number of hydrogen-bond acceptors (Lipinski definition) is 8. The minimum Gasteiger partial charge on any atom is -0.491 e. The Balaban J connectivity index is 1.38. The van der Waals surface area contributed by atoms with Gasteiger partial charge in [-0.2, -0.15) is 4.57 Å². The number of aromatic nitrogens is 2. The van der Waals surface area contributed by atoms with Crippen LogP contribution in [0.5, 0.6) is 5.75 Å². The van der Waals surface area contributed by atoms with Crippen molar-refractivity contribution in [3.8, 4) is 5.75 Å². The average Bonchev–Trinajstić information content (AvgIpc) is 3.32. The monoisotopic (exact) mass is 523 g/mol. The van der Waals surface area contributed by atoms with E-state index >= 15 is 0 Å². The lowest BCUT2D eigenvalue weighted by molar-refractivity contribution is -0.119. The normalized spacial score (nSPS) is 15.1. The van der Waals surface area contributed by atoms with E-state index in [0.717, 1.165) is 10.6 Å². The molecular weight excluding hydrogens is 494 g/mol. The molecular formula is C27H29N3O8. The van der Waals surface area contributed by atoms with Crippen molar-refractivity contribution >= 4 is 17.5 Å². The highest BCUT2D eigenvalue weighted by Gasteiger charge is 2.35. The number of rotatable bonds is 12. The lowest BCUT2D eigenvalue weighted by atomic mass is 10.2. The van der Waals surface area contributed by atoms with E-state index in [9.17, 15) is 19.2 Å².